The normalized spacial score (nSPS) is 11.1. The lowest BCUT2D eigenvalue weighted by atomic mass is 10.1. The third-order valence-corrected chi connectivity index (χ3v) is 2.33. The maximum atomic E-state index is 11.3. The first-order valence-electron chi connectivity index (χ1n) is 5.05. The van der Waals surface area contributed by atoms with E-state index in [2.05, 4.69) is 9.89 Å². The quantitative estimate of drug-likeness (QED) is 0.375. The van der Waals surface area contributed by atoms with Gasteiger partial charge in [0, 0.05) is 6.42 Å². The van der Waals surface area contributed by atoms with Crippen LogP contribution in [-0.2, 0) is 11.2 Å². The van der Waals surface area contributed by atoms with E-state index in [0.717, 1.165) is 5.56 Å². The molecule has 0 bridgehead atoms. The van der Waals surface area contributed by atoms with Crippen LogP contribution in [0.15, 0.2) is 23.4 Å². The van der Waals surface area contributed by atoms with Gasteiger partial charge in [0.05, 0.1) is 25.5 Å². The summed E-state index contributed by atoms with van der Waals surface area (Å²) in [6.07, 6.45) is 0.459. The zero-order valence-corrected chi connectivity index (χ0v) is 10.1. The van der Waals surface area contributed by atoms with Gasteiger partial charge in [-0.15, -0.1) is 0 Å². The number of oxime groups is 1. The van der Waals surface area contributed by atoms with E-state index in [9.17, 15) is 4.79 Å². The predicted molar refractivity (Wildman–Crippen MR) is 62.9 cm³/mol. The van der Waals surface area contributed by atoms with Crippen molar-refractivity contribution in [3.05, 3.63) is 29.3 Å². The number of ether oxygens (including phenoxy) is 2. The number of carbonyl (C=O) groups excluding carboxylic acids is 1. The smallest absolute Gasteiger partial charge is 0.337 e. The Morgan fingerprint density at radius 2 is 2.12 bits per heavy atom. The van der Waals surface area contributed by atoms with Crippen LogP contribution < -0.4 is 4.74 Å². The van der Waals surface area contributed by atoms with Crippen molar-refractivity contribution in [3.8, 4) is 5.75 Å². The molecule has 92 valence electrons. The average molecular weight is 237 g/mol. The van der Waals surface area contributed by atoms with Gasteiger partial charge in [-0.25, -0.2) is 4.79 Å². The summed E-state index contributed by atoms with van der Waals surface area (Å²) in [5.41, 5.74) is 1.83. The second-order valence-corrected chi connectivity index (χ2v) is 3.53. The van der Waals surface area contributed by atoms with E-state index in [1.54, 1.807) is 25.1 Å². The highest BCUT2D eigenvalue weighted by Crippen LogP contribution is 2.21. The number of carbonyl (C=O) groups is 1. The molecule has 0 atom stereocenters. The Balaban J connectivity index is 3.05. The molecule has 17 heavy (non-hydrogen) atoms. The molecule has 0 saturated carbocycles. The van der Waals surface area contributed by atoms with E-state index >= 15 is 0 Å². The Hall–Kier alpha value is -2.04. The number of hydrogen-bond acceptors (Lipinski definition) is 5. The number of nitrogens with zero attached hydrogens (tertiary/aromatic N) is 1. The molecule has 5 nitrogen and oxygen atoms in total. The molecular formula is C12H15NO4. The third kappa shape index (κ3) is 3.21. The van der Waals surface area contributed by atoms with Gasteiger partial charge in [-0.3, -0.25) is 0 Å². The molecule has 1 rings (SSSR count). The van der Waals surface area contributed by atoms with E-state index in [1.165, 1.54) is 14.2 Å². The van der Waals surface area contributed by atoms with E-state index in [0.29, 0.717) is 23.4 Å². The summed E-state index contributed by atoms with van der Waals surface area (Å²) in [5.74, 6) is 0.151. The van der Waals surface area contributed by atoms with Crippen LogP contribution in [0.25, 0.3) is 0 Å². The van der Waals surface area contributed by atoms with Crippen molar-refractivity contribution in [2.24, 2.45) is 5.16 Å². The fraction of sp³-hybridized carbons (Fsp3) is 0.333. The van der Waals surface area contributed by atoms with Crippen LogP contribution >= 0.6 is 0 Å². The molecule has 1 N–H and O–H groups in total. The van der Waals surface area contributed by atoms with Crippen LogP contribution in [0.1, 0.15) is 22.8 Å². The summed E-state index contributed by atoms with van der Waals surface area (Å²) in [6.45, 7) is 1.70. The fourth-order valence-electron chi connectivity index (χ4n) is 1.45. The Morgan fingerprint density at radius 1 is 1.41 bits per heavy atom. The van der Waals surface area contributed by atoms with Crippen molar-refractivity contribution < 1.29 is 19.5 Å². The largest absolute Gasteiger partial charge is 0.496 e. The van der Waals surface area contributed by atoms with Crippen molar-refractivity contribution in [2.75, 3.05) is 14.2 Å². The molecule has 0 fully saturated rings. The molecule has 0 unspecified atom stereocenters. The minimum Gasteiger partial charge on any atom is -0.496 e. The van der Waals surface area contributed by atoms with Crippen LogP contribution in [-0.4, -0.2) is 31.1 Å². The van der Waals surface area contributed by atoms with Gasteiger partial charge < -0.3 is 14.7 Å². The highest BCUT2D eigenvalue weighted by Gasteiger charge is 2.11. The van der Waals surface area contributed by atoms with E-state index in [1.807, 2.05) is 0 Å². The van der Waals surface area contributed by atoms with Gasteiger partial charge >= 0.3 is 5.97 Å². The van der Waals surface area contributed by atoms with Crippen LogP contribution in [0.2, 0.25) is 0 Å². The first-order chi connectivity index (χ1) is 8.12. The fourth-order valence-corrected chi connectivity index (χ4v) is 1.45. The van der Waals surface area contributed by atoms with E-state index < -0.39 is 5.97 Å². The SMILES string of the molecule is COC(=O)c1ccc(CC(C)=NO)c(OC)c1. The second kappa shape index (κ2) is 5.89. The summed E-state index contributed by atoms with van der Waals surface area (Å²) in [7, 11) is 2.84. The number of hydrogen-bond donors (Lipinski definition) is 1. The average Bonchev–Trinajstić information content (AvgIpc) is 2.37. The minimum absolute atomic E-state index is 0.414. The molecular weight excluding hydrogens is 222 g/mol. The molecule has 0 saturated heterocycles. The molecule has 0 heterocycles. The first-order valence-corrected chi connectivity index (χ1v) is 5.05. The maximum Gasteiger partial charge on any atom is 0.337 e. The van der Waals surface area contributed by atoms with Gasteiger partial charge in [0.2, 0.25) is 0 Å². The highest BCUT2D eigenvalue weighted by molar-refractivity contribution is 5.90. The number of esters is 1. The zero-order chi connectivity index (χ0) is 12.8. The predicted octanol–water partition coefficient (Wildman–Crippen LogP) is 1.87. The topological polar surface area (TPSA) is 68.1 Å². The van der Waals surface area contributed by atoms with Crippen molar-refractivity contribution >= 4 is 11.7 Å². The number of benzene rings is 1. The van der Waals surface area contributed by atoms with E-state index in [-0.39, 0.29) is 0 Å². The minimum atomic E-state index is -0.414. The Kier molecular flexibility index (Phi) is 4.51. The molecule has 0 radical (unpaired) electrons. The lowest BCUT2D eigenvalue weighted by molar-refractivity contribution is 0.0600. The molecule has 0 spiro atoms. The summed E-state index contributed by atoms with van der Waals surface area (Å²) in [4.78, 5) is 11.3. The zero-order valence-electron chi connectivity index (χ0n) is 10.1. The third-order valence-electron chi connectivity index (χ3n) is 2.33. The summed E-state index contributed by atoms with van der Waals surface area (Å²) in [5, 5.41) is 11.7. The monoisotopic (exact) mass is 237 g/mol. The lowest BCUT2D eigenvalue weighted by Gasteiger charge is -2.09. The van der Waals surface area contributed by atoms with Crippen molar-refractivity contribution in [2.45, 2.75) is 13.3 Å². The molecule has 0 aliphatic carbocycles. The summed E-state index contributed by atoms with van der Waals surface area (Å²) < 4.78 is 9.80. The van der Waals surface area contributed by atoms with Gasteiger partial charge in [-0.05, 0) is 24.6 Å². The van der Waals surface area contributed by atoms with Gasteiger partial charge in [-0.2, -0.15) is 0 Å². The van der Waals surface area contributed by atoms with Crippen LogP contribution in [0.5, 0.6) is 5.75 Å². The van der Waals surface area contributed by atoms with Gasteiger partial charge in [-0.1, -0.05) is 11.2 Å². The number of methoxy groups -OCH3 is 2. The maximum absolute atomic E-state index is 11.3. The van der Waals surface area contributed by atoms with Crippen LogP contribution in [0, 0.1) is 0 Å². The van der Waals surface area contributed by atoms with Crippen molar-refractivity contribution in [3.63, 3.8) is 0 Å². The Morgan fingerprint density at radius 3 is 2.65 bits per heavy atom. The molecule has 0 aliphatic rings. The highest BCUT2D eigenvalue weighted by atomic mass is 16.5. The standard InChI is InChI=1S/C12H15NO4/c1-8(13-15)6-9-4-5-10(12(14)17-3)7-11(9)16-2/h4-5,7,15H,6H2,1-3H3. The first kappa shape index (κ1) is 13.0. The molecule has 5 heteroatoms. The second-order valence-electron chi connectivity index (χ2n) is 3.53. The van der Waals surface area contributed by atoms with Gasteiger partial charge in [0.15, 0.2) is 0 Å². The van der Waals surface area contributed by atoms with Gasteiger partial charge in [0.1, 0.15) is 5.75 Å². The Labute approximate surface area is 99.7 Å². The molecule has 0 aliphatic heterocycles. The molecule has 0 amide bonds. The van der Waals surface area contributed by atoms with Gasteiger partial charge in [0.25, 0.3) is 0 Å². The van der Waals surface area contributed by atoms with Crippen molar-refractivity contribution in [1.29, 1.82) is 0 Å². The van der Waals surface area contributed by atoms with E-state index in [4.69, 9.17) is 9.94 Å². The summed E-state index contributed by atoms with van der Waals surface area (Å²) >= 11 is 0. The lowest BCUT2D eigenvalue weighted by Crippen LogP contribution is -2.05. The number of rotatable bonds is 4. The van der Waals surface area contributed by atoms with Crippen LogP contribution in [0.4, 0.5) is 0 Å². The Bertz CT molecular complexity index is 440. The summed E-state index contributed by atoms with van der Waals surface area (Å²) in [6, 6.07) is 5.00. The molecule has 0 aromatic heterocycles. The van der Waals surface area contributed by atoms with Crippen LogP contribution in [0.3, 0.4) is 0 Å². The molecule has 1 aromatic rings. The van der Waals surface area contributed by atoms with Crippen molar-refractivity contribution in [1.82, 2.24) is 0 Å². The molecule has 1 aromatic carbocycles.